The summed E-state index contributed by atoms with van der Waals surface area (Å²) in [6.45, 7) is 6.98. The van der Waals surface area contributed by atoms with Gasteiger partial charge in [-0.1, -0.05) is 13.8 Å². The average Bonchev–Trinajstić information content (AvgIpc) is 2.64. The standard InChI is InChI=1S/C19H29F3N4O2.HI/c1-4-23-19(24-10-13(7-8-27)9-12(2)3)25-11-16(28)26-15-6-5-14(20)17(21)18(15)22;/h5-6,12-13,27H,4,7-11H2,1-3H3,(H,26,28)(H2,23,24,25);1H. The lowest BCUT2D eigenvalue weighted by Crippen LogP contribution is -2.40. The smallest absolute Gasteiger partial charge is 0.246 e. The first-order chi connectivity index (χ1) is 13.3. The third-order valence-electron chi connectivity index (χ3n) is 3.93. The normalized spacial score (nSPS) is 12.3. The van der Waals surface area contributed by atoms with Crippen molar-refractivity contribution < 1.29 is 23.1 Å². The lowest BCUT2D eigenvalue weighted by atomic mass is 9.94. The molecule has 0 aliphatic heterocycles. The number of hydrogen-bond acceptors (Lipinski definition) is 3. The van der Waals surface area contributed by atoms with Crippen LogP contribution in [-0.4, -0.2) is 43.2 Å². The van der Waals surface area contributed by atoms with E-state index < -0.39 is 29.0 Å². The van der Waals surface area contributed by atoms with E-state index in [4.69, 9.17) is 0 Å². The summed E-state index contributed by atoms with van der Waals surface area (Å²) in [6, 6.07) is 1.68. The Morgan fingerprint density at radius 1 is 1.17 bits per heavy atom. The van der Waals surface area contributed by atoms with Gasteiger partial charge in [0.2, 0.25) is 5.91 Å². The Balaban J connectivity index is 0.00000784. The number of aliphatic imine (C=N–C) groups is 1. The molecule has 29 heavy (non-hydrogen) atoms. The van der Waals surface area contributed by atoms with Crippen molar-refractivity contribution in [3.05, 3.63) is 29.6 Å². The van der Waals surface area contributed by atoms with Crippen LogP contribution >= 0.6 is 24.0 Å². The Morgan fingerprint density at radius 3 is 2.45 bits per heavy atom. The molecular weight excluding hydrogens is 500 g/mol. The van der Waals surface area contributed by atoms with Gasteiger partial charge in [-0.3, -0.25) is 4.79 Å². The minimum Gasteiger partial charge on any atom is -0.396 e. The molecule has 1 aromatic carbocycles. The Labute approximate surface area is 186 Å². The molecule has 0 aliphatic rings. The number of nitrogens with one attached hydrogen (secondary N) is 3. The highest BCUT2D eigenvalue weighted by molar-refractivity contribution is 14.0. The summed E-state index contributed by atoms with van der Waals surface area (Å²) in [5.74, 6) is -3.97. The maximum atomic E-state index is 13.6. The van der Waals surface area contributed by atoms with Crippen LogP contribution in [0.4, 0.5) is 18.9 Å². The topological polar surface area (TPSA) is 85.8 Å². The van der Waals surface area contributed by atoms with Gasteiger partial charge >= 0.3 is 0 Å². The summed E-state index contributed by atoms with van der Waals surface area (Å²) < 4.78 is 39.8. The van der Waals surface area contributed by atoms with E-state index in [9.17, 15) is 23.1 Å². The molecule has 1 atom stereocenters. The van der Waals surface area contributed by atoms with E-state index in [2.05, 4.69) is 34.8 Å². The Hall–Kier alpha value is -1.56. The Kier molecular flexibility index (Phi) is 13.7. The molecule has 166 valence electrons. The Morgan fingerprint density at radius 2 is 1.86 bits per heavy atom. The van der Waals surface area contributed by atoms with Gasteiger partial charge in [-0.25, -0.2) is 18.2 Å². The van der Waals surface area contributed by atoms with Crippen molar-refractivity contribution in [2.45, 2.75) is 33.6 Å². The van der Waals surface area contributed by atoms with E-state index in [1.807, 2.05) is 6.92 Å². The fraction of sp³-hybridized carbons (Fsp3) is 0.579. The maximum absolute atomic E-state index is 13.6. The van der Waals surface area contributed by atoms with Gasteiger partial charge in [0.1, 0.15) is 6.54 Å². The van der Waals surface area contributed by atoms with Gasteiger partial charge in [-0.2, -0.15) is 0 Å². The molecule has 1 amide bonds. The van der Waals surface area contributed by atoms with Crippen LogP contribution < -0.4 is 16.0 Å². The molecule has 1 rings (SSSR count). The molecule has 4 N–H and O–H groups in total. The monoisotopic (exact) mass is 530 g/mol. The third-order valence-corrected chi connectivity index (χ3v) is 3.93. The number of halogens is 4. The van der Waals surface area contributed by atoms with Crippen molar-refractivity contribution in [1.29, 1.82) is 0 Å². The highest BCUT2D eigenvalue weighted by Crippen LogP contribution is 2.19. The number of nitrogens with zero attached hydrogens (tertiary/aromatic N) is 1. The first-order valence-electron chi connectivity index (χ1n) is 9.34. The molecule has 1 unspecified atom stereocenters. The third kappa shape index (κ3) is 10.2. The Bertz CT molecular complexity index is 675. The molecule has 0 aromatic heterocycles. The van der Waals surface area contributed by atoms with Crippen LogP contribution in [0.1, 0.15) is 33.6 Å². The SMILES string of the molecule is CCNC(=NCC(=O)Nc1ccc(F)c(F)c1F)NCC(CCO)CC(C)C.I. The van der Waals surface area contributed by atoms with Gasteiger partial charge in [0.15, 0.2) is 23.4 Å². The molecule has 1 aromatic rings. The van der Waals surface area contributed by atoms with Crippen LogP contribution in [-0.2, 0) is 4.79 Å². The summed E-state index contributed by atoms with van der Waals surface area (Å²) in [5.41, 5.74) is -0.447. The fourth-order valence-electron chi connectivity index (χ4n) is 2.70. The van der Waals surface area contributed by atoms with Crippen molar-refractivity contribution in [3.63, 3.8) is 0 Å². The van der Waals surface area contributed by atoms with E-state index in [1.54, 1.807) is 0 Å². The number of guanidine groups is 1. The first kappa shape index (κ1) is 27.4. The van der Waals surface area contributed by atoms with Gasteiger partial charge < -0.3 is 21.1 Å². The van der Waals surface area contributed by atoms with Gasteiger partial charge in [-0.05, 0) is 43.7 Å². The number of carbonyl (C=O) groups excluding carboxylic acids is 1. The highest BCUT2D eigenvalue weighted by atomic mass is 127. The van der Waals surface area contributed by atoms with Crippen LogP contribution in [0, 0.1) is 29.3 Å². The number of aliphatic hydroxyl groups excluding tert-OH is 1. The molecule has 0 radical (unpaired) electrons. The van der Waals surface area contributed by atoms with Crippen molar-refractivity contribution in [3.8, 4) is 0 Å². The lowest BCUT2D eigenvalue weighted by Gasteiger charge is -2.20. The predicted molar refractivity (Wildman–Crippen MR) is 119 cm³/mol. The molecule has 0 fully saturated rings. The summed E-state index contributed by atoms with van der Waals surface area (Å²) in [5, 5.41) is 17.5. The van der Waals surface area contributed by atoms with E-state index in [-0.39, 0.29) is 43.0 Å². The molecular formula is C19H30F3IN4O2. The van der Waals surface area contributed by atoms with Gasteiger partial charge in [0.25, 0.3) is 0 Å². The minimum atomic E-state index is -1.64. The van der Waals surface area contributed by atoms with Crippen LogP contribution in [0.15, 0.2) is 17.1 Å². The first-order valence-corrected chi connectivity index (χ1v) is 9.34. The van der Waals surface area contributed by atoms with Gasteiger partial charge in [0, 0.05) is 19.7 Å². The maximum Gasteiger partial charge on any atom is 0.246 e. The van der Waals surface area contributed by atoms with Crippen molar-refractivity contribution in [2.24, 2.45) is 16.8 Å². The van der Waals surface area contributed by atoms with Gasteiger partial charge in [0.05, 0.1) is 5.69 Å². The minimum absolute atomic E-state index is 0. The highest BCUT2D eigenvalue weighted by Gasteiger charge is 2.15. The van der Waals surface area contributed by atoms with Crippen LogP contribution in [0.5, 0.6) is 0 Å². The zero-order chi connectivity index (χ0) is 21.1. The number of amides is 1. The zero-order valence-electron chi connectivity index (χ0n) is 16.9. The van der Waals surface area contributed by atoms with Crippen LogP contribution in [0.2, 0.25) is 0 Å². The molecule has 6 nitrogen and oxygen atoms in total. The number of carbonyl (C=O) groups is 1. The van der Waals surface area contributed by atoms with E-state index in [1.165, 1.54) is 0 Å². The second-order valence-corrected chi connectivity index (χ2v) is 6.86. The molecule has 0 aliphatic carbocycles. The summed E-state index contributed by atoms with van der Waals surface area (Å²) in [7, 11) is 0. The molecule has 0 saturated carbocycles. The molecule has 0 heterocycles. The fourth-order valence-corrected chi connectivity index (χ4v) is 2.70. The quantitative estimate of drug-likeness (QED) is 0.162. The van der Waals surface area contributed by atoms with Gasteiger partial charge in [-0.15, -0.1) is 24.0 Å². The molecule has 10 heteroatoms. The number of rotatable bonds is 10. The molecule has 0 bridgehead atoms. The second kappa shape index (κ2) is 14.4. The zero-order valence-corrected chi connectivity index (χ0v) is 19.2. The van der Waals surface area contributed by atoms with Crippen molar-refractivity contribution in [2.75, 3.05) is 31.6 Å². The van der Waals surface area contributed by atoms with Crippen molar-refractivity contribution >= 4 is 41.5 Å². The predicted octanol–water partition coefficient (Wildman–Crippen LogP) is 3.26. The summed E-state index contributed by atoms with van der Waals surface area (Å²) in [6.07, 6.45) is 1.59. The average molecular weight is 530 g/mol. The second-order valence-electron chi connectivity index (χ2n) is 6.86. The van der Waals surface area contributed by atoms with E-state index in [0.717, 1.165) is 18.6 Å². The number of benzene rings is 1. The largest absolute Gasteiger partial charge is 0.396 e. The summed E-state index contributed by atoms with van der Waals surface area (Å²) in [4.78, 5) is 16.1. The van der Waals surface area contributed by atoms with E-state index >= 15 is 0 Å². The number of anilines is 1. The molecule has 0 saturated heterocycles. The lowest BCUT2D eigenvalue weighted by molar-refractivity contribution is -0.114. The van der Waals surface area contributed by atoms with Crippen LogP contribution in [0.3, 0.4) is 0 Å². The summed E-state index contributed by atoms with van der Waals surface area (Å²) >= 11 is 0. The molecule has 0 spiro atoms. The number of aliphatic hydroxyl groups is 1. The van der Waals surface area contributed by atoms with Crippen molar-refractivity contribution in [1.82, 2.24) is 10.6 Å². The van der Waals surface area contributed by atoms with E-state index in [0.29, 0.717) is 31.4 Å². The van der Waals surface area contributed by atoms with Crippen LogP contribution in [0.25, 0.3) is 0 Å². The number of hydrogen-bond donors (Lipinski definition) is 4.